The van der Waals surface area contributed by atoms with E-state index in [0.29, 0.717) is 15.8 Å². The van der Waals surface area contributed by atoms with E-state index in [4.69, 9.17) is 23.8 Å². The zero-order chi connectivity index (χ0) is 22.2. The van der Waals surface area contributed by atoms with Crippen molar-refractivity contribution in [3.63, 3.8) is 0 Å². The highest BCUT2D eigenvalue weighted by molar-refractivity contribution is 7.80. The Bertz CT molecular complexity index is 1280. The lowest BCUT2D eigenvalue weighted by Gasteiger charge is -2.29. The summed E-state index contributed by atoms with van der Waals surface area (Å²) in [7, 11) is 0. The van der Waals surface area contributed by atoms with Crippen LogP contribution in [0.4, 0.5) is 5.69 Å². The second-order valence-electron chi connectivity index (χ2n) is 7.58. The number of nitrogens with zero attached hydrogens (tertiary/aromatic N) is 4. The zero-order valence-electron chi connectivity index (χ0n) is 17.2. The maximum absolute atomic E-state index is 10.7. The summed E-state index contributed by atoms with van der Waals surface area (Å²) in [6, 6.07) is 18.3. The highest BCUT2D eigenvalue weighted by atomic mass is 35.5. The quantitative estimate of drug-likeness (QED) is 0.411. The molecule has 2 atom stereocenters. The Balaban J connectivity index is 1.73. The fraction of sp³-hybridized carbons (Fsp3) is 0.125. The first-order valence-corrected chi connectivity index (χ1v) is 10.9. The fourth-order valence-electron chi connectivity index (χ4n) is 4.23. The molecule has 0 unspecified atom stereocenters. The van der Waals surface area contributed by atoms with E-state index in [1.165, 1.54) is 0 Å². The zero-order valence-corrected chi connectivity index (χ0v) is 18.8. The van der Waals surface area contributed by atoms with Gasteiger partial charge in [-0.3, -0.25) is 9.97 Å². The molecule has 1 fully saturated rings. The van der Waals surface area contributed by atoms with Crippen molar-refractivity contribution in [1.82, 2.24) is 19.9 Å². The van der Waals surface area contributed by atoms with Gasteiger partial charge >= 0.3 is 0 Å². The molecule has 0 amide bonds. The van der Waals surface area contributed by atoms with Crippen LogP contribution in [-0.2, 0) is 0 Å². The van der Waals surface area contributed by atoms with Gasteiger partial charge < -0.3 is 19.9 Å². The van der Waals surface area contributed by atoms with Gasteiger partial charge in [0.2, 0.25) is 0 Å². The maximum atomic E-state index is 10.7. The molecule has 8 heteroatoms. The van der Waals surface area contributed by atoms with Crippen LogP contribution in [-0.4, -0.2) is 24.8 Å². The molecule has 0 spiro atoms. The number of phenols is 1. The maximum Gasteiger partial charge on any atom is 0.174 e. The number of nitrogens with one attached hydrogen (secondary N) is 1. The minimum absolute atomic E-state index is 0.0985. The topological polar surface area (TPSA) is 66.2 Å². The highest BCUT2D eigenvalue weighted by Crippen LogP contribution is 2.45. The lowest BCUT2D eigenvalue weighted by molar-refractivity contribution is 0.472. The second kappa shape index (κ2) is 8.26. The molecule has 0 bridgehead atoms. The molecule has 32 heavy (non-hydrogen) atoms. The molecule has 0 radical (unpaired) electrons. The van der Waals surface area contributed by atoms with Gasteiger partial charge in [-0.15, -0.1) is 0 Å². The van der Waals surface area contributed by atoms with Gasteiger partial charge in [0.15, 0.2) is 5.11 Å². The van der Waals surface area contributed by atoms with Crippen LogP contribution in [0, 0.1) is 6.92 Å². The normalized spacial score (nSPS) is 18.1. The van der Waals surface area contributed by atoms with Gasteiger partial charge in [0.25, 0.3) is 0 Å². The van der Waals surface area contributed by atoms with Crippen LogP contribution in [0.2, 0.25) is 5.02 Å². The number of anilines is 1. The molecule has 3 aromatic heterocycles. The van der Waals surface area contributed by atoms with Crippen LogP contribution >= 0.6 is 23.8 Å². The van der Waals surface area contributed by atoms with E-state index in [1.807, 2.05) is 48.4 Å². The number of aryl methyl sites for hydroxylation is 1. The molecule has 5 rings (SSSR count). The molecule has 4 aromatic rings. The predicted molar refractivity (Wildman–Crippen MR) is 129 cm³/mol. The smallest absolute Gasteiger partial charge is 0.174 e. The van der Waals surface area contributed by atoms with E-state index >= 15 is 0 Å². The molecular formula is C24H20ClN5OS. The van der Waals surface area contributed by atoms with Crippen LogP contribution < -0.4 is 10.2 Å². The van der Waals surface area contributed by atoms with Gasteiger partial charge in [-0.05, 0) is 73.7 Å². The summed E-state index contributed by atoms with van der Waals surface area (Å²) in [4.78, 5) is 10.8. The highest BCUT2D eigenvalue weighted by Gasteiger charge is 2.43. The number of rotatable bonds is 4. The molecule has 0 aliphatic carbocycles. The van der Waals surface area contributed by atoms with Gasteiger partial charge in [0.05, 0.1) is 29.3 Å². The standard InChI is InChI=1S/C24H20ClN5OS/c1-15-7-9-19(29(15)17-5-4-11-26-14-17)23-22(18-6-2-3-12-27-18)28-24(32)30(23)20-13-16(25)8-10-21(20)31/h2-14,22-23,31H,1H3,(H,28,32)/t22-,23-/m1/s1. The number of hydrogen-bond acceptors (Lipinski definition) is 4. The van der Waals surface area contributed by atoms with Gasteiger partial charge in [0.1, 0.15) is 11.8 Å². The molecule has 1 aliphatic heterocycles. The predicted octanol–water partition coefficient (Wildman–Crippen LogP) is 5.11. The Morgan fingerprint density at radius 1 is 1.06 bits per heavy atom. The minimum Gasteiger partial charge on any atom is -0.506 e. The summed E-state index contributed by atoms with van der Waals surface area (Å²) in [6.07, 6.45) is 5.34. The van der Waals surface area contributed by atoms with E-state index in [9.17, 15) is 5.11 Å². The number of phenolic OH excluding ortho intramolecular Hbond substituents is 1. The lowest BCUT2D eigenvalue weighted by atomic mass is 10.0. The van der Waals surface area contributed by atoms with Crippen LogP contribution in [0.3, 0.4) is 0 Å². The minimum atomic E-state index is -0.296. The van der Waals surface area contributed by atoms with Gasteiger partial charge in [-0.1, -0.05) is 17.7 Å². The number of halogens is 1. The van der Waals surface area contributed by atoms with Crippen LogP contribution in [0.25, 0.3) is 5.69 Å². The Hall–Kier alpha value is -3.42. The van der Waals surface area contributed by atoms with E-state index in [2.05, 4.69) is 32.0 Å². The van der Waals surface area contributed by atoms with Crippen molar-refractivity contribution in [3.8, 4) is 11.4 Å². The summed E-state index contributed by atoms with van der Waals surface area (Å²) in [6.45, 7) is 2.05. The first-order chi connectivity index (χ1) is 15.5. The second-order valence-corrected chi connectivity index (χ2v) is 8.40. The molecule has 2 N–H and O–H groups in total. The third kappa shape index (κ3) is 3.49. The number of aromatic nitrogens is 3. The van der Waals surface area contributed by atoms with E-state index in [0.717, 1.165) is 22.8 Å². The average molecular weight is 462 g/mol. The number of aromatic hydroxyl groups is 1. The van der Waals surface area contributed by atoms with E-state index in [-0.39, 0.29) is 17.8 Å². The van der Waals surface area contributed by atoms with Gasteiger partial charge in [0, 0.05) is 28.8 Å². The first kappa shape index (κ1) is 20.5. The largest absolute Gasteiger partial charge is 0.506 e. The Labute approximate surface area is 196 Å². The van der Waals surface area contributed by atoms with Crippen molar-refractivity contribution >= 4 is 34.6 Å². The first-order valence-electron chi connectivity index (χ1n) is 10.1. The molecular weight excluding hydrogens is 442 g/mol. The number of hydrogen-bond donors (Lipinski definition) is 2. The van der Waals surface area contributed by atoms with E-state index < -0.39 is 0 Å². The Morgan fingerprint density at radius 2 is 1.94 bits per heavy atom. The van der Waals surface area contributed by atoms with Crippen molar-refractivity contribution < 1.29 is 5.11 Å². The van der Waals surface area contributed by atoms with Crippen LogP contribution in [0.1, 0.15) is 29.2 Å². The van der Waals surface area contributed by atoms with Crippen molar-refractivity contribution in [3.05, 3.63) is 101 Å². The van der Waals surface area contributed by atoms with Crippen molar-refractivity contribution in [2.24, 2.45) is 0 Å². The molecule has 1 aromatic carbocycles. The third-order valence-corrected chi connectivity index (χ3v) is 6.16. The van der Waals surface area contributed by atoms with Crippen molar-refractivity contribution in [2.75, 3.05) is 4.90 Å². The molecule has 1 saturated heterocycles. The third-order valence-electron chi connectivity index (χ3n) is 5.61. The average Bonchev–Trinajstić information content (AvgIpc) is 3.36. The number of benzene rings is 1. The van der Waals surface area contributed by atoms with Crippen molar-refractivity contribution in [2.45, 2.75) is 19.0 Å². The Morgan fingerprint density at radius 3 is 2.69 bits per heavy atom. The summed E-state index contributed by atoms with van der Waals surface area (Å²) in [5.74, 6) is 0.0985. The summed E-state index contributed by atoms with van der Waals surface area (Å²) in [5, 5.41) is 15.1. The summed E-state index contributed by atoms with van der Waals surface area (Å²) >= 11 is 12.1. The molecule has 6 nitrogen and oxygen atoms in total. The van der Waals surface area contributed by atoms with Gasteiger partial charge in [-0.25, -0.2) is 0 Å². The van der Waals surface area contributed by atoms with Gasteiger partial charge in [-0.2, -0.15) is 0 Å². The fourth-order valence-corrected chi connectivity index (χ4v) is 4.74. The number of pyridine rings is 2. The lowest BCUT2D eigenvalue weighted by Crippen LogP contribution is -2.30. The van der Waals surface area contributed by atoms with Crippen molar-refractivity contribution in [1.29, 1.82) is 0 Å². The monoisotopic (exact) mass is 461 g/mol. The Kier molecular flexibility index (Phi) is 5.28. The molecule has 160 valence electrons. The SMILES string of the molecule is Cc1ccc([C@@H]2[C@@H](c3ccccn3)NC(=S)N2c2cc(Cl)ccc2O)n1-c1cccnc1. The molecule has 0 saturated carbocycles. The molecule has 1 aliphatic rings. The number of thiocarbonyl (C=S) groups is 1. The van der Waals surface area contributed by atoms with Crippen LogP contribution in [0.15, 0.2) is 79.3 Å². The van der Waals surface area contributed by atoms with E-state index in [1.54, 1.807) is 30.6 Å². The summed E-state index contributed by atoms with van der Waals surface area (Å²) < 4.78 is 2.15. The molecule has 4 heterocycles. The van der Waals surface area contributed by atoms with Crippen LogP contribution in [0.5, 0.6) is 5.75 Å². The summed E-state index contributed by atoms with van der Waals surface area (Å²) in [5.41, 5.74) is 4.37.